The van der Waals surface area contributed by atoms with Gasteiger partial charge in [-0.2, -0.15) is 0 Å². The van der Waals surface area contributed by atoms with Crippen LogP contribution in [-0.4, -0.2) is 39.1 Å². The predicted molar refractivity (Wildman–Crippen MR) is 134 cm³/mol. The van der Waals surface area contributed by atoms with E-state index in [4.69, 9.17) is 13.8 Å². The molecule has 0 unspecified atom stereocenters. The number of hydrogen-bond donors (Lipinski definition) is 0. The van der Waals surface area contributed by atoms with Gasteiger partial charge in [0.2, 0.25) is 0 Å². The summed E-state index contributed by atoms with van der Waals surface area (Å²) in [6.45, 7) is 3.57. The summed E-state index contributed by atoms with van der Waals surface area (Å²) in [5.41, 5.74) is 3.02. The number of benzene rings is 1. The second-order valence-electron chi connectivity index (χ2n) is 9.38. The number of fused-ring (bicyclic) bond motifs is 2. The molecule has 1 fully saturated rings. The van der Waals surface area contributed by atoms with Crippen molar-refractivity contribution in [2.45, 2.75) is 32.2 Å². The van der Waals surface area contributed by atoms with Crippen LogP contribution in [-0.2, 0) is 19.4 Å². The predicted octanol–water partition coefficient (Wildman–Crippen LogP) is 4.68. The van der Waals surface area contributed by atoms with Crippen molar-refractivity contribution in [2.24, 2.45) is 5.92 Å². The van der Waals surface area contributed by atoms with E-state index in [0.29, 0.717) is 24.5 Å². The number of imidazole rings is 1. The summed E-state index contributed by atoms with van der Waals surface area (Å²) < 4.78 is 13.3. The van der Waals surface area contributed by atoms with Gasteiger partial charge in [0.05, 0.1) is 12.8 Å². The lowest BCUT2D eigenvalue weighted by Gasteiger charge is -2.31. The van der Waals surface area contributed by atoms with Crippen molar-refractivity contribution in [1.82, 2.24) is 19.4 Å². The Hall–Kier alpha value is -3.71. The van der Waals surface area contributed by atoms with Crippen LogP contribution in [0.25, 0.3) is 22.1 Å². The van der Waals surface area contributed by atoms with Crippen molar-refractivity contribution in [3.8, 4) is 0 Å². The smallest absolute Gasteiger partial charge is 0.339 e. The van der Waals surface area contributed by atoms with Gasteiger partial charge in [0.15, 0.2) is 5.65 Å². The number of furan rings is 1. The summed E-state index contributed by atoms with van der Waals surface area (Å²) in [6, 6.07) is 17.5. The minimum absolute atomic E-state index is 0.220. The van der Waals surface area contributed by atoms with Crippen molar-refractivity contribution in [3.05, 3.63) is 94.6 Å². The first-order valence-electron chi connectivity index (χ1n) is 12.3. The summed E-state index contributed by atoms with van der Waals surface area (Å²) in [4.78, 5) is 24.3. The Bertz CT molecular complexity index is 1490. The van der Waals surface area contributed by atoms with Crippen LogP contribution in [0.1, 0.15) is 30.0 Å². The average Bonchev–Trinajstić information content (AvgIpc) is 3.52. The molecule has 0 radical (unpaired) electrons. The highest BCUT2D eigenvalue weighted by atomic mass is 16.4. The van der Waals surface area contributed by atoms with Gasteiger partial charge in [-0.05, 0) is 74.7 Å². The molecule has 0 atom stereocenters. The first-order chi connectivity index (χ1) is 17.2. The zero-order chi connectivity index (χ0) is 23.6. The Kier molecular flexibility index (Phi) is 5.92. The van der Waals surface area contributed by atoms with E-state index in [2.05, 4.69) is 14.5 Å². The van der Waals surface area contributed by atoms with E-state index in [1.807, 2.05) is 60.8 Å². The second-order valence-corrected chi connectivity index (χ2v) is 9.38. The molecule has 6 rings (SSSR count). The standard InChI is InChI=1S/C28H28N4O3/c33-28-22(18-21-5-1-2-8-25(21)35-28)11-15-31-13-9-20(10-14-31)17-26-30-24-7-3-12-29-27(24)32(26)19-23-6-4-16-34-23/h1-8,12,16,18,20H,9-11,13-15,17,19H2. The van der Waals surface area contributed by atoms with Crippen LogP contribution in [0, 0.1) is 5.92 Å². The van der Waals surface area contributed by atoms with E-state index in [9.17, 15) is 4.79 Å². The molecular weight excluding hydrogens is 440 g/mol. The van der Waals surface area contributed by atoms with Crippen LogP contribution in [0.2, 0.25) is 0 Å². The maximum absolute atomic E-state index is 12.4. The average molecular weight is 469 g/mol. The molecule has 1 aliphatic rings. The summed E-state index contributed by atoms with van der Waals surface area (Å²) in [7, 11) is 0. The number of rotatable bonds is 7. The lowest BCUT2D eigenvalue weighted by molar-refractivity contribution is 0.184. The SMILES string of the molecule is O=c1oc2ccccc2cc1CCN1CCC(Cc2nc3cccnc3n2Cc2ccco2)CC1. The fourth-order valence-electron chi connectivity index (χ4n) is 5.12. The molecule has 1 aromatic carbocycles. The minimum atomic E-state index is -0.220. The van der Waals surface area contributed by atoms with E-state index >= 15 is 0 Å². The molecule has 0 N–H and O–H groups in total. The third-order valence-corrected chi connectivity index (χ3v) is 7.07. The maximum atomic E-state index is 12.4. The van der Waals surface area contributed by atoms with Crippen molar-refractivity contribution in [3.63, 3.8) is 0 Å². The number of aromatic nitrogens is 3. The second kappa shape index (κ2) is 9.50. The molecule has 178 valence electrons. The molecule has 0 aliphatic carbocycles. The number of pyridine rings is 1. The number of likely N-dealkylation sites (tertiary alicyclic amines) is 1. The van der Waals surface area contributed by atoms with Crippen molar-refractivity contribution in [2.75, 3.05) is 19.6 Å². The van der Waals surface area contributed by atoms with Gasteiger partial charge in [-0.15, -0.1) is 0 Å². The Morgan fingerprint density at radius 2 is 1.91 bits per heavy atom. The fourth-order valence-corrected chi connectivity index (χ4v) is 5.12. The molecule has 4 aromatic heterocycles. The molecular formula is C28H28N4O3. The van der Waals surface area contributed by atoms with Crippen LogP contribution < -0.4 is 5.63 Å². The van der Waals surface area contributed by atoms with Gasteiger partial charge in [-0.3, -0.25) is 0 Å². The van der Waals surface area contributed by atoms with Crippen molar-refractivity contribution < 1.29 is 8.83 Å². The largest absolute Gasteiger partial charge is 0.467 e. The molecule has 0 bridgehead atoms. The number of hydrogen-bond acceptors (Lipinski definition) is 6. The van der Waals surface area contributed by atoms with Gasteiger partial charge in [0, 0.05) is 30.1 Å². The molecule has 1 saturated heterocycles. The van der Waals surface area contributed by atoms with E-state index < -0.39 is 0 Å². The monoisotopic (exact) mass is 468 g/mol. The maximum Gasteiger partial charge on any atom is 0.339 e. The van der Waals surface area contributed by atoms with Gasteiger partial charge in [0.1, 0.15) is 22.7 Å². The van der Waals surface area contributed by atoms with Gasteiger partial charge in [-0.1, -0.05) is 18.2 Å². The fraction of sp³-hybridized carbons (Fsp3) is 0.321. The van der Waals surface area contributed by atoms with E-state index in [0.717, 1.165) is 72.6 Å². The summed E-state index contributed by atoms with van der Waals surface area (Å²) in [5, 5.41) is 0.979. The van der Waals surface area contributed by atoms with Crippen LogP contribution in [0.4, 0.5) is 0 Å². The highest BCUT2D eigenvalue weighted by Gasteiger charge is 2.23. The van der Waals surface area contributed by atoms with Crippen LogP contribution in [0.5, 0.6) is 0 Å². The third-order valence-electron chi connectivity index (χ3n) is 7.07. The van der Waals surface area contributed by atoms with Gasteiger partial charge in [0.25, 0.3) is 0 Å². The first-order valence-corrected chi connectivity index (χ1v) is 12.3. The molecule has 5 heterocycles. The van der Waals surface area contributed by atoms with E-state index in [1.165, 1.54) is 0 Å². The lowest BCUT2D eigenvalue weighted by Crippen LogP contribution is -2.36. The Labute approximate surface area is 203 Å². The zero-order valence-electron chi connectivity index (χ0n) is 19.6. The highest BCUT2D eigenvalue weighted by Crippen LogP contribution is 2.25. The van der Waals surface area contributed by atoms with Gasteiger partial charge < -0.3 is 18.3 Å². The molecule has 1 aliphatic heterocycles. The molecule has 35 heavy (non-hydrogen) atoms. The van der Waals surface area contributed by atoms with Crippen LogP contribution >= 0.6 is 0 Å². The van der Waals surface area contributed by atoms with Crippen molar-refractivity contribution >= 4 is 22.1 Å². The Balaban J connectivity index is 1.10. The highest BCUT2D eigenvalue weighted by molar-refractivity contribution is 5.76. The molecule has 5 aromatic rings. The number of para-hydroxylation sites is 1. The molecule has 0 saturated carbocycles. The quantitative estimate of drug-likeness (QED) is 0.323. The Morgan fingerprint density at radius 3 is 2.77 bits per heavy atom. The van der Waals surface area contributed by atoms with Gasteiger partial charge in [-0.25, -0.2) is 14.8 Å². The third kappa shape index (κ3) is 4.64. The molecule has 7 nitrogen and oxygen atoms in total. The summed E-state index contributed by atoms with van der Waals surface area (Å²) in [5.74, 6) is 2.55. The van der Waals surface area contributed by atoms with Crippen LogP contribution in [0.15, 0.2) is 80.7 Å². The summed E-state index contributed by atoms with van der Waals surface area (Å²) >= 11 is 0. The number of nitrogens with zero attached hydrogens (tertiary/aromatic N) is 4. The normalized spacial score (nSPS) is 15.3. The molecule has 0 spiro atoms. The summed E-state index contributed by atoms with van der Waals surface area (Å²) in [6.07, 6.45) is 7.40. The van der Waals surface area contributed by atoms with Crippen LogP contribution in [0.3, 0.4) is 0 Å². The zero-order valence-corrected chi connectivity index (χ0v) is 19.6. The molecule has 0 amide bonds. The molecule has 7 heteroatoms. The van der Waals surface area contributed by atoms with E-state index in [-0.39, 0.29) is 5.63 Å². The van der Waals surface area contributed by atoms with E-state index in [1.54, 1.807) is 6.26 Å². The Morgan fingerprint density at radius 1 is 1.03 bits per heavy atom. The minimum Gasteiger partial charge on any atom is -0.467 e. The van der Waals surface area contributed by atoms with Gasteiger partial charge >= 0.3 is 5.63 Å². The topological polar surface area (TPSA) is 77.3 Å². The lowest BCUT2D eigenvalue weighted by atomic mass is 9.93. The first kappa shape index (κ1) is 21.8. The number of piperidine rings is 1. The van der Waals surface area contributed by atoms with Crippen molar-refractivity contribution in [1.29, 1.82) is 0 Å².